The van der Waals surface area contributed by atoms with Crippen LogP contribution in [0.5, 0.6) is 0 Å². The van der Waals surface area contributed by atoms with Crippen molar-refractivity contribution in [2.24, 2.45) is 5.92 Å². The van der Waals surface area contributed by atoms with Gasteiger partial charge in [-0.25, -0.2) is 8.78 Å². The number of hydrogen-bond acceptors (Lipinski definition) is 5. The minimum absolute atomic E-state index is 0.222. The molecule has 2 amide bonds. The monoisotopic (exact) mass is 456 g/mol. The van der Waals surface area contributed by atoms with Crippen LogP contribution in [0.15, 0.2) is 48.5 Å². The molecule has 1 aromatic heterocycles. The molecule has 1 heterocycles. The second-order valence-corrected chi connectivity index (χ2v) is 8.04. The molecule has 0 spiro atoms. The minimum atomic E-state index is -0.897. The van der Waals surface area contributed by atoms with Gasteiger partial charge in [0.25, 0.3) is 5.91 Å². The summed E-state index contributed by atoms with van der Waals surface area (Å²) in [4.78, 5) is 28.2. The van der Waals surface area contributed by atoms with Gasteiger partial charge in [0.2, 0.25) is 11.7 Å². The SMILES string of the molecule is CC(C)CCNC(=O)[C@@H](C)N(C(=O)Cn1nnc(-c2ccc(F)cc2)n1)c1cccc(F)c1. The highest BCUT2D eigenvalue weighted by molar-refractivity contribution is 6.00. The van der Waals surface area contributed by atoms with E-state index in [-0.39, 0.29) is 24.0 Å². The van der Waals surface area contributed by atoms with Gasteiger partial charge in [-0.3, -0.25) is 14.5 Å². The molecule has 0 aliphatic rings. The lowest BCUT2D eigenvalue weighted by Gasteiger charge is -2.28. The van der Waals surface area contributed by atoms with Crippen LogP contribution in [-0.2, 0) is 16.1 Å². The van der Waals surface area contributed by atoms with E-state index < -0.39 is 23.6 Å². The summed E-state index contributed by atoms with van der Waals surface area (Å²) in [5, 5.41) is 14.8. The van der Waals surface area contributed by atoms with E-state index in [1.165, 1.54) is 47.4 Å². The number of rotatable bonds is 9. The number of carbonyl (C=O) groups excluding carboxylic acids is 2. The predicted octanol–water partition coefficient (Wildman–Crippen LogP) is 3.20. The molecule has 0 unspecified atom stereocenters. The Labute approximate surface area is 190 Å². The number of tetrazole rings is 1. The van der Waals surface area contributed by atoms with Crippen molar-refractivity contribution in [2.45, 2.75) is 39.8 Å². The lowest BCUT2D eigenvalue weighted by atomic mass is 10.1. The van der Waals surface area contributed by atoms with Crippen molar-refractivity contribution in [1.29, 1.82) is 0 Å². The summed E-state index contributed by atoms with van der Waals surface area (Å²) in [7, 11) is 0. The summed E-state index contributed by atoms with van der Waals surface area (Å²) >= 11 is 0. The Morgan fingerprint density at radius 2 is 1.79 bits per heavy atom. The van der Waals surface area contributed by atoms with Crippen molar-refractivity contribution < 1.29 is 18.4 Å². The smallest absolute Gasteiger partial charge is 0.251 e. The van der Waals surface area contributed by atoms with Gasteiger partial charge in [-0.2, -0.15) is 4.80 Å². The molecule has 174 valence electrons. The van der Waals surface area contributed by atoms with E-state index in [1.807, 2.05) is 13.8 Å². The molecule has 2 aromatic carbocycles. The standard InChI is InChI=1S/C23H26F2N6O2/c1-15(2)11-12-26-23(33)16(3)31(20-6-4-5-19(25)13-20)21(32)14-30-28-22(27-29-30)17-7-9-18(24)10-8-17/h4-10,13,15-16H,11-12,14H2,1-3H3,(H,26,33)/t16-/m1/s1. The van der Waals surface area contributed by atoms with E-state index in [9.17, 15) is 18.4 Å². The molecule has 1 atom stereocenters. The van der Waals surface area contributed by atoms with Crippen LogP contribution in [0.4, 0.5) is 14.5 Å². The van der Waals surface area contributed by atoms with Crippen LogP contribution in [0.2, 0.25) is 0 Å². The van der Waals surface area contributed by atoms with Gasteiger partial charge in [-0.05, 0) is 66.9 Å². The zero-order chi connectivity index (χ0) is 24.0. The average Bonchev–Trinajstić information content (AvgIpc) is 3.22. The lowest BCUT2D eigenvalue weighted by Crippen LogP contribution is -2.49. The fourth-order valence-electron chi connectivity index (χ4n) is 3.18. The largest absolute Gasteiger partial charge is 0.354 e. The van der Waals surface area contributed by atoms with Gasteiger partial charge in [0.05, 0.1) is 0 Å². The normalized spacial score (nSPS) is 11.9. The topological polar surface area (TPSA) is 93.0 Å². The second kappa shape index (κ2) is 10.8. The van der Waals surface area contributed by atoms with E-state index in [0.29, 0.717) is 18.0 Å². The Balaban J connectivity index is 1.79. The number of benzene rings is 2. The summed E-state index contributed by atoms with van der Waals surface area (Å²) in [5.74, 6) is -1.17. The molecule has 10 heteroatoms. The first-order valence-corrected chi connectivity index (χ1v) is 10.6. The third-order valence-electron chi connectivity index (χ3n) is 4.97. The predicted molar refractivity (Wildman–Crippen MR) is 119 cm³/mol. The molecular formula is C23H26F2N6O2. The first kappa shape index (κ1) is 24.0. The van der Waals surface area contributed by atoms with Crippen molar-refractivity contribution in [2.75, 3.05) is 11.4 Å². The van der Waals surface area contributed by atoms with Crippen LogP contribution in [0.25, 0.3) is 11.4 Å². The molecule has 0 aliphatic carbocycles. The number of halogens is 2. The van der Waals surface area contributed by atoms with Crippen molar-refractivity contribution >= 4 is 17.5 Å². The molecule has 0 saturated carbocycles. The summed E-state index contributed by atoms with van der Waals surface area (Å²) in [6.07, 6.45) is 0.793. The molecule has 0 bridgehead atoms. The van der Waals surface area contributed by atoms with E-state index in [4.69, 9.17) is 0 Å². The van der Waals surface area contributed by atoms with Gasteiger partial charge >= 0.3 is 0 Å². The number of hydrogen-bond donors (Lipinski definition) is 1. The molecule has 1 N–H and O–H groups in total. The van der Waals surface area contributed by atoms with Crippen LogP contribution >= 0.6 is 0 Å². The molecule has 0 aliphatic heterocycles. The summed E-state index contributed by atoms with van der Waals surface area (Å²) < 4.78 is 27.0. The Bertz CT molecular complexity index is 1100. The van der Waals surface area contributed by atoms with Crippen molar-refractivity contribution in [3.8, 4) is 11.4 Å². The van der Waals surface area contributed by atoms with Gasteiger partial charge in [0, 0.05) is 17.8 Å². The number of amides is 2. The van der Waals surface area contributed by atoms with Crippen LogP contribution in [0.1, 0.15) is 27.2 Å². The van der Waals surface area contributed by atoms with E-state index in [1.54, 1.807) is 13.0 Å². The number of aromatic nitrogens is 4. The van der Waals surface area contributed by atoms with Crippen LogP contribution in [-0.4, -0.2) is 44.6 Å². The van der Waals surface area contributed by atoms with Gasteiger partial charge in [-0.15, -0.1) is 10.2 Å². The third-order valence-corrected chi connectivity index (χ3v) is 4.97. The number of carbonyl (C=O) groups is 2. The molecule has 3 aromatic rings. The third kappa shape index (κ3) is 6.41. The van der Waals surface area contributed by atoms with Crippen molar-refractivity contribution in [3.05, 3.63) is 60.2 Å². The molecule has 33 heavy (non-hydrogen) atoms. The molecular weight excluding hydrogens is 430 g/mol. The van der Waals surface area contributed by atoms with Crippen LogP contribution < -0.4 is 10.2 Å². The van der Waals surface area contributed by atoms with Gasteiger partial charge in [-0.1, -0.05) is 19.9 Å². The highest BCUT2D eigenvalue weighted by Crippen LogP contribution is 2.20. The van der Waals surface area contributed by atoms with Crippen LogP contribution in [0.3, 0.4) is 0 Å². The summed E-state index contributed by atoms with van der Waals surface area (Å²) in [6.45, 7) is 5.81. The summed E-state index contributed by atoms with van der Waals surface area (Å²) in [6, 6.07) is 10.1. The Morgan fingerprint density at radius 3 is 2.45 bits per heavy atom. The van der Waals surface area contributed by atoms with E-state index in [2.05, 4.69) is 20.7 Å². The number of nitrogens with zero attached hydrogens (tertiary/aromatic N) is 5. The Morgan fingerprint density at radius 1 is 1.06 bits per heavy atom. The first-order valence-electron chi connectivity index (χ1n) is 10.6. The van der Waals surface area contributed by atoms with E-state index >= 15 is 0 Å². The quantitative estimate of drug-likeness (QED) is 0.534. The average molecular weight is 456 g/mol. The number of nitrogens with one attached hydrogen (secondary N) is 1. The zero-order valence-corrected chi connectivity index (χ0v) is 18.7. The zero-order valence-electron chi connectivity index (χ0n) is 18.7. The molecule has 0 saturated heterocycles. The van der Waals surface area contributed by atoms with Gasteiger partial charge < -0.3 is 5.32 Å². The Hall–Kier alpha value is -3.69. The molecule has 0 radical (unpaired) electrons. The highest BCUT2D eigenvalue weighted by Gasteiger charge is 2.28. The Kier molecular flexibility index (Phi) is 7.81. The number of anilines is 1. The molecule has 8 nitrogen and oxygen atoms in total. The maximum absolute atomic E-state index is 13.9. The maximum Gasteiger partial charge on any atom is 0.251 e. The van der Waals surface area contributed by atoms with Gasteiger partial charge in [0.1, 0.15) is 24.2 Å². The van der Waals surface area contributed by atoms with Crippen molar-refractivity contribution in [1.82, 2.24) is 25.5 Å². The fraction of sp³-hybridized carbons (Fsp3) is 0.348. The fourth-order valence-corrected chi connectivity index (χ4v) is 3.18. The van der Waals surface area contributed by atoms with Crippen LogP contribution in [0, 0.1) is 17.6 Å². The minimum Gasteiger partial charge on any atom is -0.354 e. The van der Waals surface area contributed by atoms with Gasteiger partial charge in [0.15, 0.2) is 0 Å². The first-order chi connectivity index (χ1) is 15.7. The highest BCUT2D eigenvalue weighted by atomic mass is 19.1. The lowest BCUT2D eigenvalue weighted by molar-refractivity contribution is -0.126. The second-order valence-electron chi connectivity index (χ2n) is 8.04. The van der Waals surface area contributed by atoms with Crippen molar-refractivity contribution in [3.63, 3.8) is 0 Å². The molecule has 0 fully saturated rings. The summed E-state index contributed by atoms with van der Waals surface area (Å²) in [5.41, 5.74) is 0.778. The van der Waals surface area contributed by atoms with E-state index in [0.717, 1.165) is 11.2 Å². The maximum atomic E-state index is 13.9. The molecule has 3 rings (SSSR count).